The molecule has 88 valence electrons. The molecule has 1 amide bonds. The molecule has 0 unspecified atom stereocenters. The van der Waals surface area contributed by atoms with E-state index >= 15 is 0 Å². The second kappa shape index (κ2) is 3.73. The number of rotatable bonds is 1. The summed E-state index contributed by atoms with van der Waals surface area (Å²) in [7, 11) is 0. The number of hydrogen-bond acceptors (Lipinski definition) is 2. The number of amides is 1. The molecule has 1 aromatic rings. The predicted octanol–water partition coefficient (Wildman–Crippen LogP) is 1.90. The van der Waals surface area contributed by atoms with Crippen LogP contribution in [-0.4, -0.2) is 17.9 Å². The molecular weight excluding hydrogens is 235 g/mol. The summed E-state index contributed by atoms with van der Waals surface area (Å²) in [5.74, 6) is -2.76. The maximum absolute atomic E-state index is 12.0. The molecule has 0 aliphatic heterocycles. The second-order valence-electron chi connectivity index (χ2n) is 3.43. The van der Waals surface area contributed by atoms with Gasteiger partial charge in [0.1, 0.15) is 0 Å². The minimum absolute atomic E-state index is 0.282. The molecule has 1 aliphatic carbocycles. The molecule has 3 nitrogen and oxygen atoms in total. The number of ketones is 1. The normalized spacial score (nSPS) is 14.3. The fraction of sp³-hybridized carbons (Fsp3) is 0.0909. The van der Waals surface area contributed by atoms with Gasteiger partial charge in [0.2, 0.25) is 5.78 Å². The number of Topliss-reactive ketones (excluding diaryl/α,β-unsaturated/α-hetero) is 1. The van der Waals surface area contributed by atoms with Gasteiger partial charge in [-0.05, 0) is 11.6 Å². The van der Waals surface area contributed by atoms with Crippen molar-refractivity contribution in [1.29, 1.82) is 0 Å². The zero-order chi connectivity index (χ0) is 12.6. The molecule has 0 saturated carbocycles. The van der Waals surface area contributed by atoms with Crippen LogP contribution in [-0.2, 0) is 4.79 Å². The summed E-state index contributed by atoms with van der Waals surface area (Å²) < 4.78 is 36.0. The molecule has 0 bridgehead atoms. The summed E-state index contributed by atoms with van der Waals surface area (Å²) in [6, 6.07) is 6.32. The summed E-state index contributed by atoms with van der Waals surface area (Å²) in [4.78, 5) is 22.3. The van der Waals surface area contributed by atoms with E-state index in [1.807, 2.05) is 0 Å². The highest BCUT2D eigenvalue weighted by Gasteiger charge is 2.40. The Morgan fingerprint density at radius 2 is 1.82 bits per heavy atom. The third-order valence-electron chi connectivity index (χ3n) is 2.26. The number of fused-ring (bicyclic) bond motifs is 1. The number of hydrogen-bond donors (Lipinski definition) is 1. The Labute approximate surface area is 93.9 Å². The molecule has 0 heterocycles. The standard InChI is InChI=1S/C11H6F3NO2/c12-11(13,14)10(17)15-8-5-6-3-1-2-4-7(6)9(8)16/h1-5H,(H,15,16,17). The first kappa shape index (κ1) is 11.4. The highest BCUT2D eigenvalue weighted by Crippen LogP contribution is 2.24. The van der Waals surface area contributed by atoms with E-state index in [-0.39, 0.29) is 11.3 Å². The molecule has 17 heavy (non-hydrogen) atoms. The quantitative estimate of drug-likeness (QED) is 0.816. The van der Waals surface area contributed by atoms with Gasteiger partial charge in [-0.15, -0.1) is 0 Å². The average molecular weight is 241 g/mol. The summed E-state index contributed by atoms with van der Waals surface area (Å²) >= 11 is 0. The van der Waals surface area contributed by atoms with Gasteiger partial charge >= 0.3 is 12.1 Å². The van der Waals surface area contributed by atoms with Crippen molar-refractivity contribution in [3.05, 3.63) is 41.1 Å². The number of carbonyl (C=O) groups is 2. The molecule has 0 aromatic heterocycles. The van der Waals surface area contributed by atoms with Gasteiger partial charge in [-0.25, -0.2) is 0 Å². The number of carbonyl (C=O) groups excluding carboxylic acids is 2. The van der Waals surface area contributed by atoms with Crippen LogP contribution >= 0.6 is 0 Å². The molecular formula is C11H6F3NO2. The van der Waals surface area contributed by atoms with Crippen molar-refractivity contribution >= 4 is 17.8 Å². The van der Waals surface area contributed by atoms with Crippen LogP contribution in [0.25, 0.3) is 6.08 Å². The second-order valence-corrected chi connectivity index (χ2v) is 3.43. The van der Waals surface area contributed by atoms with E-state index < -0.39 is 17.9 Å². The van der Waals surface area contributed by atoms with Crippen LogP contribution < -0.4 is 5.32 Å². The summed E-state index contributed by atoms with van der Waals surface area (Å²) in [5.41, 5.74) is 0.425. The predicted molar refractivity (Wildman–Crippen MR) is 52.9 cm³/mol. The number of nitrogens with one attached hydrogen (secondary N) is 1. The molecule has 0 radical (unpaired) electrons. The van der Waals surface area contributed by atoms with E-state index in [0.717, 1.165) is 0 Å². The van der Waals surface area contributed by atoms with E-state index in [2.05, 4.69) is 0 Å². The summed E-state index contributed by atoms with van der Waals surface area (Å²) in [6.45, 7) is 0. The van der Waals surface area contributed by atoms with Crippen LogP contribution in [0.3, 0.4) is 0 Å². The van der Waals surface area contributed by atoms with Gasteiger partial charge in [-0.3, -0.25) is 9.59 Å². The Hall–Kier alpha value is -2.11. The smallest absolute Gasteiger partial charge is 0.315 e. The largest absolute Gasteiger partial charge is 0.471 e. The van der Waals surface area contributed by atoms with Gasteiger partial charge in [0, 0.05) is 5.56 Å². The van der Waals surface area contributed by atoms with E-state index in [1.54, 1.807) is 23.5 Å². The molecule has 2 rings (SSSR count). The minimum atomic E-state index is -5.00. The molecule has 0 spiro atoms. The maximum Gasteiger partial charge on any atom is 0.471 e. The van der Waals surface area contributed by atoms with Gasteiger partial charge in [-0.1, -0.05) is 24.3 Å². The molecule has 1 N–H and O–H groups in total. The number of alkyl halides is 3. The van der Waals surface area contributed by atoms with Crippen molar-refractivity contribution in [3.63, 3.8) is 0 Å². The Kier molecular flexibility index (Phi) is 2.49. The van der Waals surface area contributed by atoms with Crippen molar-refractivity contribution in [2.24, 2.45) is 0 Å². The SMILES string of the molecule is O=C1C(NC(=O)C(F)(F)F)=Cc2ccccc21. The van der Waals surface area contributed by atoms with Gasteiger partial charge in [0.05, 0.1) is 5.70 Å². The van der Waals surface area contributed by atoms with Crippen molar-refractivity contribution < 1.29 is 22.8 Å². The lowest BCUT2D eigenvalue weighted by Crippen LogP contribution is -2.37. The Bertz CT molecular complexity index is 532. The Morgan fingerprint density at radius 3 is 2.41 bits per heavy atom. The molecule has 0 fully saturated rings. The number of benzene rings is 1. The zero-order valence-corrected chi connectivity index (χ0v) is 8.34. The Balaban J connectivity index is 2.23. The number of allylic oxidation sites excluding steroid dienone is 1. The molecule has 1 aliphatic rings. The van der Waals surface area contributed by atoms with Crippen LogP contribution in [0.4, 0.5) is 13.2 Å². The van der Waals surface area contributed by atoms with Crippen LogP contribution in [0.5, 0.6) is 0 Å². The monoisotopic (exact) mass is 241 g/mol. The fourth-order valence-corrected chi connectivity index (χ4v) is 1.48. The highest BCUT2D eigenvalue weighted by atomic mass is 19.4. The van der Waals surface area contributed by atoms with Crippen molar-refractivity contribution in [1.82, 2.24) is 5.32 Å². The van der Waals surface area contributed by atoms with E-state index in [9.17, 15) is 22.8 Å². The van der Waals surface area contributed by atoms with Gasteiger partial charge in [0.25, 0.3) is 0 Å². The average Bonchev–Trinajstić information content (AvgIpc) is 2.55. The van der Waals surface area contributed by atoms with E-state index in [0.29, 0.717) is 5.56 Å². The van der Waals surface area contributed by atoms with Crippen LogP contribution in [0.15, 0.2) is 30.0 Å². The summed E-state index contributed by atoms with van der Waals surface area (Å²) in [6.07, 6.45) is -3.78. The molecule has 0 saturated heterocycles. The zero-order valence-electron chi connectivity index (χ0n) is 8.34. The minimum Gasteiger partial charge on any atom is -0.315 e. The third-order valence-corrected chi connectivity index (χ3v) is 2.26. The van der Waals surface area contributed by atoms with Crippen LogP contribution in [0.2, 0.25) is 0 Å². The van der Waals surface area contributed by atoms with Crippen LogP contribution in [0, 0.1) is 0 Å². The molecule has 6 heteroatoms. The van der Waals surface area contributed by atoms with Gasteiger partial charge < -0.3 is 5.32 Å². The first-order valence-corrected chi connectivity index (χ1v) is 4.63. The molecule has 1 aromatic carbocycles. The highest BCUT2D eigenvalue weighted by molar-refractivity contribution is 6.19. The van der Waals surface area contributed by atoms with Gasteiger partial charge in [-0.2, -0.15) is 13.2 Å². The lowest BCUT2D eigenvalue weighted by Gasteiger charge is -2.07. The Morgan fingerprint density at radius 1 is 1.18 bits per heavy atom. The number of halogens is 3. The fourth-order valence-electron chi connectivity index (χ4n) is 1.48. The van der Waals surface area contributed by atoms with E-state index in [4.69, 9.17) is 0 Å². The van der Waals surface area contributed by atoms with Crippen molar-refractivity contribution in [2.45, 2.75) is 6.18 Å². The lowest BCUT2D eigenvalue weighted by molar-refractivity contribution is -0.172. The van der Waals surface area contributed by atoms with E-state index in [1.165, 1.54) is 12.1 Å². The lowest BCUT2D eigenvalue weighted by atomic mass is 10.1. The van der Waals surface area contributed by atoms with Crippen LogP contribution in [0.1, 0.15) is 15.9 Å². The maximum atomic E-state index is 12.0. The van der Waals surface area contributed by atoms with Gasteiger partial charge in [0.15, 0.2) is 0 Å². The third kappa shape index (κ3) is 2.06. The summed E-state index contributed by atoms with van der Waals surface area (Å²) in [5, 5.41) is 1.56. The first-order valence-electron chi connectivity index (χ1n) is 4.63. The first-order chi connectivity index (χ1) is 7.89. The van der Waals surface area contributed by atoms with Crippen molar-refractivity contribution in [2.75, 3.05) is 0 Å². The molecule has 0 atom stereocenters. The topological polar surface area (TPSA) is 46.2 Å². The van der Waals surface area contributed by atoms with Crippen molar-refractivity contribution in [3.8, 4) is 0 Å².